The van der Waals surface area contributed by atoms with Crippen LogP contribution < -0.4 is 5.73 Å². The Morgan fingerprint density at radius 2 is 2.44 bits per heavy atom. The van der Waals surface area contributed by atoms with Gasteiger partial charge in [-0.15, -0.1) is 0 Å². The fraction of sp³-hybridized carbons (Fsp3) is 0.667. The lowest BCUT2D eigenvalue weighted by atomic mass is 10.1. The average molecular weight is 253 g/mol. The Bertz CT molecular complexity index is 453. The van der Waals surface area contributed by atoms with Crippen LogP contribution >= 0.6 is 0 Å². The van der Waals surface area contributed by atoms with E-state index in [1.165, 1.54) is 7.11 Å². The van der Waals surface area contributed by atoms with Crippen LogP contribution in [0.25, 0.3) is 0 Å². The van der Waals surface area contributed by atoms with Gasteiger partial charge in [-0.3, -0.25) is 4.68 Å². The Morgan fingerprint density at radius 1 is 1.72 bits per heavy atom. The van der Waals surface area contributed by atoms with Gasteiger partial charge >= 0.3 is 5.97 Å². The van der Waals surface area contributed by atoms with Crippen LogP contribution in [0.5, 0.6) is 0 Å². The molecule has 1 saturated heterocycles. The summed E-state index contributed by atoms with van der Waals surface area (Å²) in [6, 6.07) is 0. The van der Waals surface area contributed by atoms with Gasteiger partial charge in [0.25, 0.3) is 0 Å². The Hall–Kier alpha value is -1.56. The number of rotatable bonds is 3. The molecule has 0 radical (unpaired) electrons. The van der Waals surface area contributed by atoms with Crippen LogP contribution in [-0.2, 0) is 16.0 Å². The van der Waals surface area contributed by atoms with Crippen molar-refractivity contribution in [3.05, 3.63) is 11.9 Å². The van der Waals surface area contributed by atoms with Crippen molar-refractivity contribution < 1.29 is 14.3 Å². The maximum Gasteiger partial charge on any atom is 0.360 e. The highest BCUT2D eigenvalue weighted by atomic mass is 16.5. The molecule has 1 aromatic heterocycles. The molecule has 1 fully saturated rings. The van der Waals surface area contributed by atoms with Gasteiger partial charge in [-0.05, 0) is 26.7 Å². The van der Waals surface area contributed by atoms with Gasteiger partial charge in [0.1, 0.15) is 0 Å². The van der Waals surface area contributed by atoms with E-state index in [9.17, 15) is 4.79 Å². The predicted molar refractivity (Wildman–Crippen MR) is 66.2 cm³/mol. The molecule has 6 nitrogen and oxygen atoms in total. The van der Waals surface area contributed by atoms with Crippen LogP contribution in [0.4, 0.5) is 5.69 Å². The first-order valence-corrected chi connectivity index (χ1v) is 6.00. The molecule has 2 N–H and O–H groups in total. The lowest BCUT2D eigenvalue weighted by Crippen LogP contribution is -2.23. The molecule has 0 spiro atoms. The van der Waals surface area contributed by atoms with Gasteiger partial charge in [-0.1, -0.05) is 0 Å². The van der Waals surface area contributed by atoms with E-state index in [0.29, 0.717) is 12.2 Å². The third kappa shape index (κ3) is 2.64. The third-order valence-corrected chi connectivity index (χ3v) is 3.11. The van der Waals surface area contributed by atoms with Gasteiger partial charge < -0.3 is 15.2 Å². The maximum atomic E-state index is 11.4. The fourth-order valence-electron chi connectivity index (χ4n) is 2.20. The van der Waals surface area contributed by atoms with Gasteiger partial charge in [0.15, 0.2) is 5.69 Å². The van der Waals surface area contributed by atoms with E-state index in [1.54, 1.807) is 10.9 Å². The molecular formula is C12H19N3O3. The SMILES string of the molecule is COC(=O)c1nn(CC2CCC(C)(C)O2)cc1N. The van der Waals surface area contributed by atoms with Gasteiger partial charge in [0.2, 0.25) is 0 Å². The number of esters is 1. The molecule has 1 aliphatic heterocycles. The second-order valence-corrected chi connectivity index (χ2v) is 5.18. The first-order valence-electron chi connectivity index (χ1n) is 6.00. The van der Waals surface area contributed by atoms with Crippen molar-refractivity contribution in [3.8, 4) is 0 Å². The first-order chi connectivity index (χ1) is 8.41. The van der Waals surface area contributed by atoms with E-state index in [4.69, 9.17) is 10.5 Å². The van der Waals surface area contributed by atoms with Crippen LogP contribution in [0.1, 0.15) is 37.2 Å². The summed E-state index contributed by atoms with van der Waals surface area (Å²) in [4.78, 5) is 11.4. The molecule has 0 bridgehead atoms. The van der Waals surface area contributed by atoms with Gasteiger partial charge in [0.05, 0.1) is 31.0 Å². The third-order valence-electron chi connectivity index (χ3n) is 3.11. The zero-order valence-electron chi connectivity index (χ0n) is 11.0. The Balaban J connectivity index is 2.05. The molecule has 6 heteroatoms. The summed E-state index contributed by atoms with van der Waals surface area (Å²) in [5.41, 5.74) is 6.14. The number of nitrogens with zero attached hydrogens (tertiary/aromatic N) is 2. The molecule has 2 heterocycles. The Labute approximate surface area is 106 Å². The van der Waals surface area contributed by atoms with Gasteiger partial charge in [-0.2, -0.15) is 5.10 Å². The second kappa shape index (κ2) is 4.61. The van der Waals surface area contributed by atoms with E-state index in [0.717, 1.165) is 12.8 Å². The van der Waals surface area contributed by atoms with Gasteiger partial charge in [-0.25, -0.2) is 4.79 Å². The van der Waals surface area contributed by atoms with Crippen LogP contribution in [0, 0.1) is 0 Å². The Morgan fingerprint density at radius 3 is 3.00 bits per heavy atom. The number of methoxy groups -OCH3 is 1. The zero-order valence-corrected chi connectivity index (χ0v) is 11.0. The van der Waals surface area contributed by atoms with Crippen molar-refractivity contribution in [3.63, 3.8) is 0 Å². The summed E-state index contributed by atoms with van der Waals surface area (Å²) in [5.74, 6) is -0.515. The summed E-state index contributed by atoms with van der Waals surface area (Å²) in [5, 5.41) is 4.13. The topological polar surface area (TPSA) is 79.4 Å². The van der Waals surface area contributed by atoms with Crippen molar-refractivity contribution >= 4 is 11.7 Å². The summed E-state index contributed by atoms with van der Waals surface area (Å²) >= 11 is 0. The molecule has 0 aliphatic carbocycles. The van der Waals surface area contributed by atoms with Crippen molar-refractivity contribution in [2.24, 2.45) is 0 Å². The minimum absolute atomic E-state index is 0.0749. The number of hydrogen-bond acceptors (Lipinski definition) is 5. The molecule has 18 heavy (non-hydrogen) atoms. The number of carbonyl (C=O) groups is 1. The number of anilines is 1. The smallest absolute Gasteiger partial charge is 0.360 e. The van der Waals surface area contributed by atoms with E-state index < -0.39 is 5.97 Å². The summed E-state index contributed by atoms with van der Waals surface area (Å²) in [6.07, 6.45) is 3.77. The summed E-state index contributed by atoms with van der Waals surface area (Å²) < 4.78 is 12.1. The van der Waals surface area contributed by atoms with Crippen LogP contribution in [0.3, 0.4) is 0 Å². The number of hydrogen-bond donors (Lipinski definition) is 1. The summed E-state index contributed by atoms with van der Waals surface area (Å²) in [6.45, 7) is 4.75. The van der Waals surface area contributed by atoms with E-state index in [-0.39, 0.29) is 17.4 Å². The molecule has 2 rings (SSSR count). The van der Waals surface area contributed by atoms with Crippen molar-refractivity contribution in [2.75, 3.05) is 12.8 Å². The number of carbonyl (C=O) groups excluding carboxylic acids is 1. The van der Waals surface area contributed by atoms with Gasteiger partial charge in [0, 0.05) is 6.20 Å². The first kappa shape index (κ1) is 12.9. The minimum Gasteiger partial charge on any atom is -0.464 e. The molecule has 100 valence electrons. The molecule has 0 saturated carbocycles. The number of nitrogens with two attached hydrogens (primary N) is 1. The van der Waals surface area contributed by atoms with Crippen molar-refractivity contribution in [1.29, 1.82) is 0 Å². The lowest BCUT2D eigenvalue weighted by Gasteiger charge is -2.19. The molecule has 1 atom stereocenters. The highest BCUT2D eigenvalue weighted by molar-refractivity contribution is 5.92. The second-order valence-electron chi connectivity index (χ2n) is 5.18. The summed E-state index contributed by atoms with van der Waals surface area (Å²) in [7, 11) is 1.31. The number of nitrogen functional groups attached to an aromatic ring is 1. The standard InChI is InChI=1S/C12H19N3O3/c1-12(2)5-4-8(18-12)6-15-7-9(13)10(14-15)11(16)17-3/h7-8H,4-6,13H2,1-3H3. The van der Waals surface area contributed by atoms with Crippen molar-refractivity contribution in [2.45, 2.75) is 44.9 Å². The minimum atomic E-state index is -0.515. The largest absolute Gasteiger partial charge is 0.464 e. The maximum absolute atomic E-state index is 11.4. The van der Waals surface area contributed by atoms with E-state index in [2.05, 4.69) is 23.7 Å². The molecule has 0 aromatic carbocycles. The van der Waals surface area contributed by atoms with Crippen molar-refractivity contribution in [1.82, 2.24) is 9.78 Å². The molecule has 1 unspecified atom stereocenters. The number of aromatic nitrogens is 2. The molecular weight excluding hydrogens is 234 g/mol. The fourth-order valence-corrected chi connectivity index (χ4v) is 2.20. The quantitative estimate of drug-likeness (QED) is 0.819. The molecule has 1 aliphatic rings. The van der Waals surface area contributed by atoms with Crippen LogP contribution in [0.15, 0.2) is 6.20 Å². The number of ether oxygens (including phenoxy) is 2. The Kier molecular flexibility index (Phi) is 3.30. The normalized spacial score (nSPS) is 22.1. The van der Waals surface area contributed by atoms with Crippen LogP contribution in [0.2, 0.25) is 0 Å². The zero-order chi connectivity index (χ0) is 13.3. The monoisotopic (exact) mass is 253 g/mol. The highest BCUT2D eigenvalue weighted by Crippen LogP contribution is 2.30. The predicted octanol–water partition coefficient (Wildman–Crippen LogP) is 1.21. The molecule has 1 aromatic rings. The lowest BCUT2D eigenvalue weighted by molar-refractivity contribution is -0.0230. The van der Waals surface area contributed by atoms with E-state index >= 15 is 0 Å². The van der Waals surface area contributed by atoms with E-state index in [1.807, 2.05) is 0 Å². The molecule has 0 amide bonds. The van der Waals surface area contributed by atoms with Crippen LogP contribution in [-0.4, -0.2) is 34.6 Å². The average Bonchev–Trinajstić information content (AvgIpc) is 2.81. The highest BCUT2D eigenvalue weighted by Gasteiger charge is 2.32.